The molecule has 25 heavy (non-hydrogen) atoms. The van der Waals surface area contributed by atoms with Gasteiger partial charge in [-0.05, 0) is 48.7 Å². The second kappa shape index (κ2) is 6.88. The van der Waals surface area contributed by atoms with E-state index in [-0.39, 0.29) is 5.56 Å². The van der Waals surface area contributed by atoms with Gasteiger partial charge >= 0.3 is 5.97 Å². The number of aliphatic carboxylic acids is 1. The largest absolute Gasteiger partial charge is 0.482 e. The average Bonchev–Trinajstić information content (AvgIpc) is 3.00. The minimum Gasteiger partial charge on any atom is -0.482 e. The molecule has 2 N–H and O–H groups in total. The fraction of sp³-hybridized carbons (Fsp3) is 0.222. The summed E-state index contributed by atoms with van der Waals surface area (Å²) < 4.78 is 32.4. The Bertz CT molecular complexity index is 821. The number of nitrogens with one attached hydrogen (secondary N) is 1. The summed E-state index contributed by atoms with van der Waals surface area (Å²) in [6, 6.07) is 7.94. The smallest absolute Gasteiger partial charge is 0.341 e. The summed E-state index contributed by atoms with van der Waals surface area (Å²) >= 11 is 0. The van der Waals surface area contributed by atoms with Crippen LogP contribution < -0.4 is 10.1 Å². The molecule has 1 atom stereocenters. The van der Waals surface area contributed by atoms with Gasteiger partial charge in [0.1, 0.15) is 5.75 Å². The van der Waals surface area contributed by atoms with Crippen molar-refractivity contribution in [2.45, 2.75) is 18.9 Å². The van der Waals surface area contributed by atoms with Crippen LogP contribution in [-0.2, 0) is 11.2 Å². The molecule has 0 fully saturated rings. The third kappa shape index (κ3) is 3.60. The molecule has 1 amide bonds. The molecule has 1 aliphatic rings. The van der Waals surface area contributed by atoms with Crippen LogP contribution in [0, 0.1) is 11.6 Å². The minimum absolute atomic E-state index is 0.203. The van der Waals surface area contributed by atoms with Gasteiger partial charge in [-0.3, -0.25) is 4.79 Å². The molecule has 0 saturated heterocycles. The van der Waals surface area contributed by atoms with Crippen molar-refractivity contribution >= 4 is 11.9 Å². The number of hydrogen-bond donors (Lipinski definition) is 2. The van der Waals surface area contributed by atoms with E-state index in [0.717, 1.165) is 6.07 Å². The number of halogens is 2. The second-order valence-electron chi connectivity index (χ2n) is 5.71. The maximum absolute atomic E-state index is 14.0. The summed E-state index contributed by atoms with van der Waals surface area (Å²) in [5, 5.41) is 11.3. The van der Waals surface area contributed by atoms with Gasteiger partial charge in [0.05, 0.1) is 6.04 Å². The number of rotatable bonds is 5. The highest BCUT2D eigenvalue weighted by molar-refractivity contribution is 5.94. The molecule has 7 heteroatoms. The standard InChI is InChI=1S/C18H15F2NO4/c19-13-7-3-10-4-8-14(16(10)17(13)20)21-18(24)11-1-5-12(6-2-11)25-9-15(22)23/h1-3,5-7,14H,4,8-9H2,(H,21,24)(H,22,23). The van der Waals surface area contributed by atoms with Crippen molar-refractivity contribution in [2.75, 3.05) is 6.61 Å². The van der Waals surface area contributed by atoms with E-state index >= 15 is 0 Å². The molecule has 0 aromatic heterocycles. The lowest BCUT2D eigenvalue weighted by Gasteiger charge is -2.15. The van der Waals surface area contributed by atoms with Gasteiger partial charge < -0.3 is 15.2 Å². The maximum atomic E-state index is 14.0. The number of hydrogen-bond acceptors (Lipinski definition) is 3. The Balaban J connectivity index is 1.70. The summed E-state index contributed by atoms with van der Waals surface area (Å²) in [6.07, 6.45) is 1.07. The van der Waals surface area contributed by atoms with Crippen LogP contribution in [0.5, 0.6) is 5.75 Å². The monoisotopic (exact) mass is 347 g/mol. The van der Waals surface area contributed by atoms with Gasteiger partial charge in [-0.25, -0.2) is 13.6 Å². The molecule has 2 aromatic carbocycles. The van der Waals surface area contributed by atoms with Crippen molar-refractivity contribution in [2.24, 2.45) is 0 Å². The third-order valence-electron chi connectivity index (χ3n) is 4.06. The Kier molecular flexibility index (Phi) is 4.65. The number of aryl methyl sites for hydroxylation is 1. The van der Waals surface area contributed by atoms with Gasteiger partial charge in [0, 0.05) is 11.1 Å². The molecule has 0 bridgehead atoms. The Labute approximate surface area is 142 Å². The second-order valence-corrected chi connectivity index (χ2v) is 5.71. The van der Waals surface area contributed by atoms with Crippen molar-refractivity contribution < 1.29 is 28.2 Å². The summed E-state index contributed by atoms with van der Waals surface area (Å²) in [5.74, 6) is -3.06. The highest BCUT2D eigenvalue weighted by Gasteiger charge is 2.29. The van der Waals surface area contributed by atoms with E-state index in [0.29, 0.717) is 29.7 Å². The molecule has 0 radical (unpaired) electrons. The minimum atomic E-state index is -1.10. The summed E-state index contributed by atoms with van der Waals surface area (Å²) in [7, 11) is 0. The Morgan fingerprint density at radius 1 is 1.16 bits per heavy atom. The molecule has 0 aliphatic heterocycles. The van der Waals surface area contributed by atoms with Crippen LogP contribution >= 0.6 is 0 Å². The van der Waals surface area contributed by atoms with Crippen molar-refractivity contribution in [3.05, 3.63) is 64.7 Å². The first-order chi connectivity index (χ1) is 12.0. The number of carbonyl (C=O) groups excluding carboxylic acids is 1. The number of fused-ring (bicyclic) bond motifs is 1. The number of carboxylic acids is 1. The number of carboxylic acid groups (broad SMARTS) is 1. The summed E-state index contributed by atoms with van der Waals surface area (Å²) in [5.41, 5.74) is 1.21. The van der Waals surface area contributed by atoms with E-state index in [1.165, 1.54) is 30.3 Å². The number of carbonyl (C=O) groups is 2. The Morgan fingerprint density at radius 3 is 2.56 bits per heavy atom. The van der Waals surface area contributed by atoms with Gasteiger partial charge in [-0.15, -0.1) is 0 Å². The molecule has 1 unspecified atom stereocenters. The van der Waals surface area contributed by atoms with Crippen LogP contribution in [0.25, 0.3) is 0 Å². The molecule has 130 valence electrons. The SMILES string of the molecule is O=C(O)COc1ccc(C(=O)NC2CCc3ccc(F)c(F)c32)cc1. The number of amides is 1. The van der Waals surface area contributed by atoms with Gasteiger partial charge in [0.15, 0.2) is 18.2 Å². The third-order valence-corrected chi connectivity index (χ3v) is 4.06. The van der Waals surface area contributed by atoms with Crippen molar-refractivity contribution in [3.63, 3.8) is 0 Å². The van der Waals surface area contributed by atoms with Crippen LogP contribution in [0.15, 0.2) is 36.4 Å². The van der Waals surface area contributed by atoms with E-state index in [9.17, 15) is 18.4 Å². The molecular weight excluding hydrogens is 332 g/mol. The van der Waals surface area contributed by atoms with Crippen LogP contribution in [0.3, 0.4) is 0 Å². The average molecular weight is 347 g/mol. The molecule has 0 spiro atoms. The number of ether oxygens (including phenoxy) is 1. The molecule has 0 heterocycles. The normalized spacial score (nSPS) is 15.5. The fourth-order valence-electron chi connectivity index (χ4n) is 2.88. The quantitative estimate of drug-likeness (QED) is 0.872. The van der Waals surface area contributed by atoms with Crippen LogP contribution in [0.4, 0.5) is 8.78 Å². The first-order valence-electron chi connectivity index (χ1n) is 7.68. The van der Waals surface area contributed by atoms with Crippen molar-refractivity contribution in [3.8, 4) is 5.75 Å². The van der Waals surface area contributed by atoms with Gasteiger partial charge in [-0.1, -0.05) is 6.07 Å². The first-order valence-corrected chi connectivity index (χ1v) is 7.68. The lowest BCUT2D eigenvalue weighted by molar-refractivity contribution is -0.139. The maximum Gasteiger partial charge on any atom is 0.341 e. The molecule has 2 aromatic rings. The van der Waals surface area contributed by atoms with Gasteiger partial charge in [0.2, 0.25) is 0 Å². The van der Waals surface area contributed by atoms with Crippen molar-refractivity contribution in [1.82, 2.24) is 5.32 Å². The van der Waals surface area contributed by atoms with E-state index < -0.39 is 36.2 Å². The topological polar surface area (TPSA) is 75.6 Å². The zero-order chi connectivity index (χ0) is 18.0. The summed E-state index contributed by atoms with van der Waals surface area (Å²) in [4.78, 5) is 22.8. The van der Waals surface area contributed by atoms with E-state index in [1.807, 2.05) is 0 Å². The zero-order valence-corrected chi connectivity index (χ0v) is 13.1. The van der Waals surface area contributed by atoms with E-state index in [2.05, 4.69) is 5.32 Å². The lowest BCUT2D eigenvalue weighted by Crippen LogP contribution is -2.27. The Hall–Kier alpha value is -2.96. The highest BCUT2D eigenvalue weighted by atomic mass is 19.2. The molecule has 0 saturated carbocycles. The molecule has 1 aliphatic carbocycles. The highest BCUT2D eigenvalue weighted by Crippen LogP contribution is 2.34. The molecule has 3 rings (SSSR count). The van der Waals surface area contributed by atoms with E-state index in [4.69, 9.17) is 9.84 Å². The van der Waals surface area contributed by atoms with E-state index in [1.54, 1.807) is 0 Å². The lowest BCUT2D eigenvalue weighted by atomic mass is 10.1. The first kappa shape index (κ1) is 16.9. The molecular formula is C18H15F2NO4. The predicted molar refractivity (Wildman–Crippen MR) is 84.5 cm³/mol. The van der Waals surface area contributed by atoms with Crippen LogP contribution in [0.2, 0.25) is 0 Å². The van der Waals surface area contributed by atoms with Gasteiger partial charge in [0.25, 0.3) is 5.91 Å². The van der Waals surface area contributed by atoms with Crippen LogP contribution in [0.1, 0.15) is 33.9 Å². The molecule has 5 nitrogen and oxygen atoms in total. The van der Waals surface area contributed by atoms with Gasteiger partial charge in [-0.2, -0.15) is 0 Å². The zero-order valence-electron chi connectivity index (χ0n) is 13.1. The Morgan fingerprint density at radius 2 is 1.88 bits per heavy atom. The predicted octanol–water partition coefficient (Wildman–Crippen LogP) is 2.85. The van der Waals surface area contributed by atoms with Crippen LogP contribution in [-0.4, -0.2) is 23.6 Å². The summed E-state index contributed by atoms with van der Waals surface area (Å²) in [6.45, 7) is -0.477. The van der Waals surface area contributed by atoms with Crippen molar-refractivity contribution in [1.29, 1.82) is 0 Å². The number of benzene rings is 2. The fourth-order valence-corrected chi connectivity index (χ4v) is 2.88.